The van der Waals surface area contributed by atoms with E-state index < -0.39 is 30.7 Å². The van der Waals surface area contributed by atoms with Crippen molar-refractivity contribution < 1.29 is 41.4 Å². The number of rotatable bonds is 0. The van der Waals surface area contributed by atoms with Crippen molar-refractivity contribution >= 4 is 6.16 Å². The van der Waals surface area contributed by atoms with Crippen LogP contribution < -0.4 is 0 Å². The predicted octanol–water partition coefficient (Wildman–Crippen LogP) is 2.89. The average Bonchev–Trinajstić information content (AvgIpc) is 1.79. The molecule has 84 valence electrons. The Morgan fingerprint density at radius 1 is 0.857 bits per heavy atom. The Hall–Kier alpha value is -1.41. The van der Waals surface area contributed by atoms with E-state index in [1.807, 2.05) is 0 Å². The fourth-order valence-corrected chi connectivity index (χ4v) is 0.189. The number of hydrogen-bond acceptors (Lipinski definition) is 1. The molecule has 3 nitrogen and oxygen atoms in total. The molecule has 2 N–H and O–H groups in total. The lowest BCUT2D eigenvalue weighted by Gasteiger charge is -1.99. The lowest BCUT2D eigenvalue weighted by Crippen LogP contribution is -2.07. The molecule has 14 heavy (non-hydrogen) atoms. The fourth-order valence-electron chi connectivity index (χ4n) is 0.189. The molecule has 0 amide bonds. The van der Waals surface area contributed by atoms with E-state index in [0.29, 0.717) is 0 Å². The number of hydrogen-bond donors (Lipinski definition) is 2. The van der Waals surface area contributed by atoms with Gasteiger partial charge in [-0.3, -0.25) is 0 Å². The van der Waals surface area contributed by atoms with Crippen LogP contribution in [-0.2, 0) is 0 Å². The van der Waals surface area contributed by atoms with Crippen LogP contribution in [0.4, 0.5) is 31.1 Å². The molecule has 0 aliphatic heterocycles. The first-order chi connectivity index (χ1) is 5.94. The van der Waals surface area contributed by atoms with Gasteiger partial charge in [0.25, 0.3) is 0 Å². The largest absolute Gasteiger partial charge is 0.503 e. The highest BCUT2D eigenvalue weighted by atomic mass is 19.4. The van der Waals surface area contributed by atoms with Crippen LogP contribution in [0.1, 0.15) is 0 Å². The van der Waals surface area contributed by atoms with Crippen LogP contribution >= 0.6 is 0 Å². The maximum absolute atomic E-state index is 11.0. The minimum Gasteiger partial charge on any atom is -0.450 e. The smallest absolute Gasteiger partial charge is 0.450 e. The lowest BCUT2D eigenvalue weighted by atomic mass is 10.5. The molecule has 0 saturated heterocycles. The van der Waals surface area contributed by atoms with Gasteiger partial charge in [0.05, 0.1) is 0 Å². The molecule has 0 spiro atoms. The third kappa shape index (κ3) is 31.2. The molecule has 0 fully saturated rings. The van der Waals surface area contributed by atoms with Crippen molar-refractivity contribution in [2.24, 2.45) is 0 Å². The Kier molecular flexibility index (Phi) is 5.76. The molecular formula is C5H4F6O3. The number of halogens is 6. The molecule has 0 bridgehead atoms. The highest BCUT2D eigenvalue weighted by molar-refractivity contribution is 5.53. The first kappa shape index (κ1) is 15.1. The van der Waals surface area contributed by atoms with Crippen LogP contribution in [-0.4, -0.2) is 28.7 Å². The van der Waals surface area contributed by atoms with E-state index in [-0.39, 0.29) is 0 Å². The summed E-state index contributed by atoms with van der Waals surface area (Å²) in [6.07, 6.45) is -13.3. The van der Waals surface area contributed by atoms with Crippen molar-refractivity contribution in [1.82, 2.24) is 0 Å². The first-order valence-electron chi connectivity index (χ1n) is 2.70. The molecule has 0 aromatic rings. The van der Waals surface area contributed by atoms with Crippen molar-refractivity contribution in [3.05, 3.63) is 12.2 Å². The molecule has 0 aromatic heterocycles. The molecule has 0 radical (unpaired) electrons. The Balaban J connectivity index is 0. The quantitative estimate of drug-likeness (QED) is 0.493. The molecule has 0 rings (SSSR count). The van der Waals surface area contributed by atoms with Crippen molar-refractivity contribution in [1.29, 1.82) is 0 Å². The van der Waals surface area contributed by atoms with E-state index >= 15 is 0 Å². The molecule has 9 heteroatoms. The zero-order valence-electron chi connectivity index (χ0n) is 6.23. The second kappa shape index (κ2) is 5.35. The summed E-state index contributed by atoms with van der Waals surface area (Å²) in [5.41, 5.74) is 0. The van der Waals surface area contributed by atoms with E-state index in [4.69, 9.17) is 15.0 Å². The maximum Gasteiger partial charge on any atom is 0.503 e. The Bertz CT molecular complexity index is 182. The van der Waals surface area contributed by atoms with Crippen LogP contribution in [0.5, 0.6) is 0 Å². The molecule has 0 saturated carbocycles. The van der Waals surface area contributed by atoms with Gasteiger partial charge in [-0.1, -0.05) is 0 Å². The van der Waals surface area contributed by atoms with Crippen LogP contribution in [0.25, 0.3) is 0 Å². The van der Waals surface area contributed by atoms with Crippen molar-refractivity contribution in [2.75, 3.05) is 0 Å². The van der Waals surface area contributed by atoms with Gasteiger partial charge >= 0.3 is 18.5 Å². The summed E-state index contributed by atoms with van der Waals surface area (Å²) in [5, 5.41) is 13.9. The molecule has 0 heterocycles. The zero-order chi connectivity index (χ0) is 12.0. The minimum absolute atomic E-state index is 0.854. The highest BCUT2D eigenvalue weighted by Crippen LogP contribution is 2.22. The van der Waals surface area contributed by atoms with E-state index in [1.54, 1.807) is 0 Å². The second-order valence-corrected chi connectivity index (χ2v) is 1.70. The zero-order valence-corrected chi connectivity index (χ0v) is 6.23. The van der Waals surface area contributed by atoms with Crippen LogP contribution in [0.3, 0.4) is 0 Å². The molecule has 0 aliphatic carbocycles. The van der Waals surface area contributed by atoms with E-state index in [9.17, 15) is 26.3 Å². The standard InChI is InChI=1S/C4H2F6.CH2O3/c5-3(6,7)1-2-4(8,9)10;2-1(3)4/h1-2H;(H2,2,3,4). The van der Waals surface area contributed by atoms with E-state index in [2.05, 4.69) is 0 Å². The SMILES string of the molecule is FC(F)(F)C=CC(F)(F)F.O=C(O)O. The van der Waals surface area contributed by atoms with Gasteiger partial charge in [-0.05, 0) is 0 Å². The summed E-state index contributed by atoms with van der Waals surface area (Å²) >= 11 is 0. The van der Waals surface area contributed by atoms with Gasteiger partial charge in [0.2, 0.25) is 0 Å². The summed E-state index contributed by atoms with van der Waals surface area (Å²) < 4.78 is 66.0. The van der Waals surface area contributed by atoms with Gasteiger partial charge < -0.3 is 10.2 Å². The summed E-state index contributed by atoms with van der Waals surface area (Å²) in [6, 6.07) is 0. The summed E-state index contributed by atoms with van der Waals surface area (Å²) in [5.74, 6) is 0. The minimum atomic E-state index is -4.89. The third-order valence-corrected chi connectivity index (χ3v) is 0.461. The molecule has 0 atom stereocenters. The normalized spacial score (nSPS) is 12.1. The Labute approximate surface area is 73.3 Å². The number of carboxylic acid groups (broad SMARTS) is 2. The van der Waals surface area contributed by atoms with Gasteiger partial charge in [-0.15, -0.1) is 0 Å². The predicted molar refractivity (Wildman–Crippen MR) is 31.9 cm³/mol. The van der Waals surface area contributed by atoms with Gasteiger partial charge in [-0.2, -0.15) is 26.3 Å². The summed E-state index contributed by atoms with van der Waals surface area (Å²) in [7, 11) is 0. The second-order valence-electron chi connectivity index (χ2n) is 1.70. The average molecular weight is 226 g/mol. The van der Waals surface area contributed by atoms with Crippen molar-refractivity contribution in [3.8, 4) is 0 Å². The van der Waals surface area contributed by atoms with Gasteiger partial charge in [0, 0.05) is 12.2 Å². The first-order valence-corrected chi connectivity index (χ1v) is 2.70. The molecule has 0 aliphatic rings. The number of alkyl halides is 6. The topological polar surface area (TPSA) is 57.5 Å². The maximum atomic E-state index is 11.0. The molecule has 0 aromatic carbocycles. The van der Waals surface area contributed by atoms with Crippen LogP contribution in [0, 0.1) is 0 Å². The molecule has 0 unspecified atom stereocenters. The van der Waals surface area contributed by atoms with Gasteiger partial charge in [0.1, 0.15) is 0 Å². The third-order valence-electron chi connectivity index (χ3n) is 0.461. The number of carbonyl (C=O) groups is 1. The van der Waals surface area contributed by atoms with E-state index in [0.717, 1.165) is 0 Å². The Morgan fingerprint density at radius 3 is 1.07 bits per heavy atom. The lowest BCUT2D eigenvalue weighted by molar-refractivity contribution is -0.0981. The van der Waals surface area contributed by atoms with Crippen LogP contribution in [0.15, 0.2) is 12.2 Å². The van der Waals surface area contributed by atoms with Crippen molar-refractivity contribution in [2.45, 2.75) is 12.4 Å². The fraction of sp³-hybridized carbons (Fsp3) is 0.400. The summed E-state index contributed by atoms with van der Waals surface area (Å²) in [4.78, 5) is 8.56. The van der Waals surface area contributed by atoms with Gasteiger partial charge in [-0.25, -0.2) is 4.79 Å². The van der Waals surface area contributed by atoms with Crippen molar-refractivity contribution in [3.63, 3.8) is 0 Å². The van der Waals surface area contributed by atoms with Crippen LogP contribution in [0.2, 0.25) is 0 Å². The summed E-state index contributed by atoms with van der Waals surface area (Å²) in [6.45, 7) is 0. The number of allylic oxidation sites excluding steroid dienone is 2. The highest BCUT2D eigenvalue weighted by Gasteiger charge is 2.29. The van der Waals surface area contributed by atoms with E-state index in [1.165, 1.54) is 0 Å². The van der Waals surface area contributed by atoms with Gasteiger partial charge in [0.15, 0.2) is 0 Å². The molecular weight excluding hydrogens is 222 g/mol. The monoisotopic (exact) mass is 226 g/mol. The Morgan fingerprint density at radius 2 is 1.00 bits per heavy atom.